The first kappa shape index (κ1) is 26.5. The molecule has 13 nitrogen and oxygen atoms in total. The van der Waals surface area contributed by atoms with Gasteiger partial charge in [0.15, 0.2) is 0 Å². The van der Waals surface area contributed by atoms with Crippen molar-refractivity contribution in [3.63, 3.8) is 0 Å². The minimum absolute atomic E-state index is 0.0213. The molecule has 27 heavy (non-hydrogen) atoms. The minimum atomic E-state index is -1.21. The summed E-state index contributed by atoms with van der Waals surface area (Å²) in [6, 6.07) is -2.41. The van der Waals surface area contributed by atoms with Crippen LogP contribution in [-0.4, -0.2) is 69.7 Å². The number of primary amides is 2. The van der Waals surface area contributed by atoms with E-state index < -0.39 is 41.8 Å². The van der Waals surface area contributed by atoms with Crippen molar-refractivity contribution < 1.29 is 39.3 Å². The number of carboxylic acid groups (broad SMARTS) is 3. The van der Waals surface area contributed by atoms with Crippen LogP contribution in [0, 0.1) is 0 Å². The summed E-state index contributed by atoms with van der Waals surface area (Å²) in [7, 11) is 0. The highest BCUT2D eigenvalue weighted by Crippen LogP contribution is 2.03. The lowest BCUT2D eigenvalue weighted by molar-refractivity contribution is -0.140. The topological polar surface area (TPSA) is 262 Å². The highest BCUT2D eigenvalue weighted by molar-refractivity contribution is 5.83. The Hall–Kier alpha value is -2.77. The van der Waals surface area contributed by atoms with Crippen LogP contribution in [0.2, 0.25) is 0 Å². The molecule has 0 aliphatic carbocycles. The van der Waals surface area contributed by atoms with Gasteiger partial charge in [-0.15, -0.1) is 0 Å². The van der Waals surface area contributed by atoms with Gasteiger partial charge in [-0.1, -0.05) is 0 Å². The predicted molar refractivity (Wildman–Crippen MR) is 92.1 cm³/mol. The Kier molecular flexibility index (Phi) is 14.1. The molecule has 1 aliphatic rings. The van der Waals surface area contributed by atoms with Crippen LogP contribution in [0.25, 0.3) is 0 Å². The van der Waals surface area contributed by atoms with E-state index in [1.807, 2.05) is 0 Å². The lowest BCUT2D eigenvalue weighted by Crippen LogP contribution is -2.34. The molecule has 0 aromatic rings. The standard InChI is InChI=1S/C5H10N2O3.C5H9NO2.C4H8N2O3/c6-3(5(9)10)1-2-4(7)8;7-5(8)4-2-1-3-6-4;5-2(4(8)9)1-3(6)7/h3H,1-2,6H2,(H2,7,8)(H,9,10);4,6H,1-3H2,(H,7,8);2H,1,5H2,(H2,6,7)(H,8,9). The summed E-state index contributed by atoms with van der Waals surface area (Å²) in [5, 5.41) is 27.5. The molecule has 0 aromatic heterocycles. The van der Waals surface area contributed by atoms with Crippen molar-refractivity contribution in [3.05, 3.63) is 0 Å². The van der Waals surface area contributed by atoms with Crippen LogP contribution in [-0.2, 0) is 24.0 Å². The molecular weight excluding hydrogens is 366 g/mol. The maximum Gasteiger partial charge on any atom is 0.321 e. The number of carbonyl (C=O) groups is 5. The summed E-state index contributed by atoms with van der Waals surface area (Å²) >= 11 is 0. The normalized spacial score (nSPS) is 17.2. The average molecular weight is 393 g/mol. The van der Waals surface area contributed by atoms with Gasteiger partial charge in [0, 0.05) is 6.42 Å². The van der Waals surface area contributed by atoms with Crippen molar-refractivity contribution in [2.24, 2.45) is 22.9 Å². The molecule has 0 radical (unpaired) electrons. The second kappa shape index (κ2) is 14.4. The molecule has 3 unspecified atom stereocenters. The van der Waals surface area contributed by atoms with Crippen LogP contribution >= 0.6 is 0 Å². The molecule has 1 fully saturated rings. The van der Waals surface area contributed by atoms with Gasteiger partial charge in [-0.25, -0.2) is 0 Å². The van der Waals surface area contributed by atoms with Gasteiger partial charge >= 0.3 is 17.9 Å². The minimum Gasteiger partial charge on any atom is -0.480 e. The van der Waals surface area contributed by atoms with Crippen LogP contribution in [0.1, 0.15) is 32.1 Å². The van der Waals surface area contributed by atoms with E-state index in [9.17, 15) is 24.0 Å². The van der Waals surface area contributed by atoms with E-state index in [-0.39, 0.29) is 25.3 Å². The number of amides is 2. The van der Waals surface area contributed by atoms with Gasteiger partial charge in [0.05, 0.1) is 6.42 Å². The monoisotopic (exact) mass is 393 g/mol. The van der Waals surface area contributed by atoms with E-state index in [2.05, 4.69) is 11.1 Å². The molecule has 0 saturated carbocycles. The lowest BCUT2D eigenvalue weighted by Gasteiger charge is -2.01. The molecule has 1 saturated heterocycles. The summed E-state index contributed by atoms with van der Waals surface area (Å²) < 4.78 is 0. The molecule has 3 atom stereocenters. The van der Waals surface area contributed by atoms with Gasteiger partial charge in [-0.2, -0.15) is 0 Å². The average Bonchev–Trinajstić information content (AvgIpc) is 3.07. The van der Waals surface area contributed by atoms with Crippen molar-refractivity contribution in [1.82, 2.24) is 5.32 Å². The Bertz CT molecular complexity index is 522. The molecule has 0 spiro atoms. The van der Waals surface area contributed by atoms with Crippen LogP contribution in [0.3, 0.4) is 0 Å². The van der Waals surface area contributed by atoms with Crippen molar-refractivity contribution >= 4 is 29.7 Å². The molecule has 0 aromatic carbocycles. The second-order valence-corrected chi connectivity index (χ2v) is 5.55. The number of hydrogen-bond donors (Lipinski definition) is 8. The molecule has 1 aliphatic heterocycles. The third-order valence-corrected chi connectivity index (χ3v) is 3.12. The predicted octanol–water partition coefficient (Wildman–Crippen LogP) is -3.24. The summed E-state index contributed by atoms with van der Waals surface area (Å²) in [5.74, 6) is -4.28. The lowest BCUT2D eigenvalue weighted by atomic mass is 10.2. The van der Waals surface area contributed by atoms with Gasteiger partial charge in [-0.3, -0.25) is 24.0 Å². The smallest absolute Gasteiger partial charge is 0.321 e. The highest BCUT2D eigenvalue weighted by atomic mass is 16.4. The maximum absolute atomic E-state index is 10.1. The first-order valence-corrected chi connectivity index (χ1v) is 7.88. The molecule has 13 heteroatoms. The van der Waals surface area contributed by atoms with E-state index in [1.54, 1.807) is 0 Å². The van der Waals surface area contributed by atoms with Crippen LogP contribution in [0.15, 0.2) is 0 Å². The van der Waals surface area contributed by atoms with Crippen molar-refractivity contribution in [1.29, 1.82) is 0 Å². The van der Waals surface area contributed by atoms with Gasteiger partial charge < -0.3 is 43.6 Å². The Morgan fingerprint density at radius 1 is 0.926 bits per heavy atom. The van der Waals surface area contributed by atoms with E-state index in [0.717, 1.165) is 19.4 Å². The Morgan fingerprint density at radius 3 is 1.67 bits per heavy atom. The number of nitrogens with two attached hydrogens (primary N) is 4. The van der Waals surface area contributed by atoms with Gasteiger partial charge in [-0.05, 0) is 25.8 Å². The number of hydrogen-bond acceptors (Lipinski definition) is 8. The summed E-state index contributed by atoms with van der Waals surface area (Å²) in [4.78, 5) is 50.2. The number of carbonyl (C=O) groups excluding carboxylic acids is 2. The summed E-state index contributed by atoms with van der Waals surface area (Å²) in [5.41, 5.74) is 19.4. The van der Waals surface area contributed by atoms with Crippen molar-refractivity contribution in [2.75, 3.05) is 6.54 Å². The molecule has 156 valence electrons. The zero-order chi connectivity index (χ0) is 21.6. The van der Waals surface area contributed by atoms with Crippen LogP contribution < -0.4 is 28.3 Å². The highest BCUT2D eigenvalue weighted by Gasteiger charge is 2.20. The maximum atomic E-state index is 10.1. The van der Waals surface area contributed by atoms with Crippen LogP contribution in [0.4, 0.5) is 0 Å². The second-order valence-electron chi connectivity index (χ2n) is 5.55. The Balaban J connectivity index is 0. The van der Waals surface area contributed by atoms with E-state index >= 15 is 0 Å². The molecular formula is C14H27N5O8. The molecule has 1 heterocycles. The van der Waals surface area contributed by atoms with E-state index in [1.165, 1.54) is 0 Å². The van der Waals surface area contributed by atoms with Crippen molar-refractivity contribution in [3.8, 4) is 0 Å². The van der Waals surface area contributed by atoms with E-state index in [4.69, 9.17) is 32.5 Å². The number of nitrogens with one attached hydrogen (secondary N) is 1. The number of rotatable bonds is 8. The molecule has 1 rings (SSSR count). The third-order valence-electron chi connectivity index (χ3n) is 3.12. The summed E-state index contributed by atoms with van der Waals surface area (Å²) in [6.45, 7) is 0.858. The Labute approximate surface area is 155 Å². The van der Waals surface area contributed by atoms with Gasteiger partial charge in [0.2, 0.25) is 11.8 Å². The first-order valence-electron chi connectivity index (χ1n) is 7.88. The quantitative estimate of drug-likeness (QED) is 0.203. The largest absolute Gasteiger partial charge is 0.480 e. The first-order chi connectivity index (χ1) is 12.4. The number of carboxylic acids is 3. The molecule has 0 bridgehead atoms. The Morgan fingerprint density at radius 2 is 1.44 bits per heavy atom. The fourth-order valence-electron chi connectivity index (χ4n) is 1.62. The SMILES string of the molecule is NC(=O)CC(N)C(=O)O.NC(=O)CCC(N)C(=O)O.O=C(O)C1CCCN1. The number of aliphatic carboxylic acids is 3. The summed E-state index contributed by atoms with van der Waals surface area (Å²) in [6.07, 6.45) is 1.60. The fourth-order valence-corrected chi connectivity index (χ4v) is 1.62. The van der Waals surface area contributed by atoms with Crippen LogP contribution in [0.5, 0.6) is 0 Å². The molecule has 2 amide bonds. The van der Waals surface area contributed by atoms with Crippen molar-refractivity contribution in [2.45, 2.75) is 50.2 Å². The fraction of sp³-hybridized carbons (Fsp3) is 0.643. The zero-order valence-electron chi connectivity index (χ0n) is 14.7. The molecule has 12 N–H and O–H groups in total. The third kappa shape index (κ3) is 16.4. The van der Waals surface area contributed by atoms with Gasteiger partial charge in [0.25, 0.3) is 0 Å². The van der Waals surface area contributed by atoms with Gasteiger partial charge in [0.1, 0.15) is 18.1 Å². The zero-order valence-corrected chi connectivity index (χ0v) is 14.7. The van der Waals surface area contributed by atoms with E-state index in [0.29, 0.717) is 0 Å².